The molecule has 0 saturated heterocycles. The minimum absolute atomic E-state index is 0.153. The molecule has 0 bridgehead atoms. The maximum absolute atomic E-state index is 12.8. The molecule has 162 valence electrons. The van der Waals surface area contributed by atoms with E-state index in [2.05, 4.69) is 31.4 Å². The lowest BCUT2D eigenvalue weighted by Gasteiger charge is -2.51. The fourth-order valence-corrected chi connectivity index (χ4v) is 4.50. The number of carbonyl (C=O) groups is 2. The number of aliphatic hydroxyl groups excluding tert-OH is 1. The van der Waals surface area contributed by atoms with E-state index in [1.165, 1.54) is 25.7 Å². The number of carbonyl (C=O) groups excluding carboxylic acids is 2. The summed E-state index contributed by atoms with van der Waals surface area (Å²) in [6, 6.07) is -0.926. The molecule has 0 spiro atoms. The van der Waals surface area contributed by atoms with Gasteiger partial charge in [-0.05, 0) is 55.4 Å². The molecule has 2 amide bonds. The second-order valence-corrected chi connectivity index (χ2v) is 9.96. The van der Waals surface area contributed by atoms with Crippen molar-refractivity contribution in [3.63, 3.8) is 0 Å². The number of hydrogen-bond acceptors (Lipinski definition) is 4. The molecule has 6 nitrogen and oxygen atoms in total. The van der Waals surface area contributed by atoms with Crippen LogP contribution in [-0.2, 0) is 9.59 Å². The van der Waals surface area contributed by atoms with Crippen LogP contribution >= 0.6 is 0 Å². The topological polar surface area (TPSA) is 104 Å². The number of rotatable bonds is 12. The van der Waals surface area contributed by atoms with Crippen molar-refractivity contribution in [2.45, 2.75) is 104 Å². The first-order valence-corrected chi connectivity index (χ1v) is 11.1. The Kier molecular flexibility index (Phi) is 7.91. The molecule has 2 rings (SSSR count). The Balaban J connectivity index is 1.86. The van der Waals surface area contributed by atoms with Crippen molar-refractivity contribution in [2.24, 2.45) is 22.5 Å². The second-order valence-electron chi connectivity index (χ2n) is 9.96. The van der Waals surface area contributed by atoms with E-state index in [1.54, 1.807) is 0 Å². The van der Waals surface area contributed by atoms with Crippen LogP contribution in [0.25, 0.3) is 0 Å². The first kappa shape index (κ1) is 23.1. The summed E-state index contributed by atoms with van der Waals surface area (Å²) in [5, 5.41) is 16.4. The van der Waals surface area contributed by atoms with Gasteiger partial charge < -0.3 is 21.5 Å². The molecule has 0 radical (unpaired) electrons. The molecule has 0 aromatic heterocycles. The van der Waals surface area contributed by atoms with Crippen molar-refractivity contribution in [1.82, 2.24) is 10.6 Å². The summed E-state index contributed by atoms with van der Waals surface area (Å²) in [5.41, 5.74) is 5.93. The van der Waals surface area contributed by atoms with E-state index in [-0.39, 0.29) is 17.4 Å². The Bertz CT molecular complexity index is 541. The summed E-state index contributed by atoms with van der Waals surface area (Å²) in [4.78, 5) is 24.2. The van der Waals surface area contributed by atoms with E-state index >= 15 is 0 Å². The molecular weight excluding hydrogens is 354 g/mol. The normalized spacial score (nSPS) is 22.5. The highest BCUT2D eigenvalue weighted by molar-refractivity contribution is 5.84. The number of nitrogens with two attached hydrogens (primary N) is 1. The van der Waals surface area contributed by atoms with Gasteiger partial charge in [0.15, 0.2) is 6.10 Å². The molecule has 2 aliphatic rings. The predicted octanol–water partition coefficient (Wildman–Crippen LogP) is 2.48. The zero-order valence-electron chi connectivity index (χ0n) is 18.2. The number of primary amides is 1. The lowest BCUT2D eigenvalue weighted by atomic mass is 9.54. The van der Waals surface area contributed by atoms with Gasteiger partial charge in [-0.1, -0.05) is 53.4 Å². The highest BCUT2D eigenvalue weighted by Crippen LogP contribution is 2.54. The van der Waals surface area contributed by atoms with Crippen LogP contribution in [0.2, 0.25) is 0 Å². The Morgan fingerprint density at radius 2 is 1.89 bits per heavy atom. The van der Waals surface area contributed by atoms with Gasteiger partial charge in [-0.3, -0.25) is 9.59 Å². The first-order chi connectivity index (χ1) is 13.1. The quantitative estimate of drug-likeness (QED) is 0.407. The van der Waals surface area contributed by atoms with Crippen molar-refractivity contribution in [1.29, 1.82) is 0 Å². The number of nitrogens with one attached hydrogen (secondary N) is 2. The third kappa shape index (κ3) is 5.47. The Morgan fingerprint density at radius 1 is 1.25 bits per heavy atom. The molecule has 2 aliphatic carbocycles. The number of aliphatic hydroxyl groups is 1. The fraction of sp³-hybridized carbons (Fsp3) is 0.909. The molecule has 0 aliphatic heterocycles. The fourth-order valence-electron chi connectivity index (χ4n) is 4.50. The van der Waals surface area contributed by atoms with Crippen LogP contribution in [-0.4, -0.2) is 41.7 Å². The van der Waals surface area contributed by atoms with Crippen molar-refractivity contribution >= 4 is 11.8 Å². The number of amides is 2. The molecule has 28 heavy (non-hydrogen) atoms. The third-order valence-electron chi connectivity index (χ3n) is 7.77. The SMILES string of the molecule is CC[C@H](NCCC(C)(C)C1(C)CCC1)C(=O)NC(CC1CCC1)C(O)C(N)=O. The van der Waals surface area contributed by atoms with Gasteiger partial charge in [0.05, 0.1) is 12.1 Å². The summed E-state index contributed by atoms with van der Waals surface area (Å²) < 4.78 is 0. The maximum Gasteiger partial charge on any atom is 0.248 e. The molecule has 2 unspecified atom stereocenters. The van der Waals surface area contributed by atoms with E-state index in [1.807, 2.05) is 6.92 Å². The van der Waals surface area contributed by atoms with E-state index in [4.69, 9.17) is 5.73 Å². The summed E-state index contributed by atoms with van der Waals surface area (Å²) >= 11 is 0. The molecule has 2 fully saturated rings. The van der Waals surface area contributed by atoms with Crippen LogP contribution in [0.15, 0.2) is 0 Å². The van der Waals surface area contributed by atoms with E-state index in [0.717, 1.165) is 25.8 Å². The van der Waals surface area contributed by atoms with Crippen molar-refractivity contribution < 1.29 is 14.7 Å². The average Bonchev–Trinajstić information content (AvgIpc) is 2.57. The zero-order valence-corrected chi connectivity index (χ0v) is 18.2. The smallest absolute Gasteiger partial charge is 0.248 e. The molecule has 0 heterocycles. The summed E-state index contributed by atoms with van der Waals surface area (Å²) in [6.07, 6.45) is 8.18. The summed E-state index contributed by atoms with van der Waals surface area (Å²) in [5.74, 6) is -0.475. The molecular formula is C22H41N3O3. The average molecular weight is 396 g/mol. The molecule has 2 saturated carbocycles. The summed E-state index contributed by atoms with van der Waals surface area (Å²) in [6.45, 7) is 9.78. The molecule has 0 aromatic rings. The zero-order chi connectivity index (χ0) is 20.9. The summed E-state index contributed by atoms with van der Waals surface area (Å²) in [7, 11) is 0. The lowest BCUT2D eigenvalue weighted by molar-refractivity contribution is -0.130. The van der Waals surface area contributed by atoms with E-state index in [0.29, 0.717) is 24.2 Å². The largest absolute Gasteiger partial charge is 0.381 e. The molecule has 0 aromatic carbocycles. The van der Waals surface area contributed by atoms with Crippen LogP contribution in [0.3, 0.4) is 0 Å². The predicted molar refractivity (Wildman–Crippen MR) is 112 cm³/mol. The van der Waals surface area contributed by atoms with Crippen molar-refractivity contribution in [2.75, 3.05) is 6.54 Å². The third-order valence-corrected chi connectivity index (χ3v) is 7.77. The van der Waals surface area contributed by atoms with Crippen LogP contribution in [0, 0.1) is 16.7 Å². The first-order valence-electron chi connectivity index (χ1n) is 11.1. The van der Waals surface area contributed by atoms with E-state index in [9.17, 15) is 14.7 Å². The standard InChI is InChI=1S/C22H41N3O3/c1-5-16(24-13-12-21(2,3)22(4)10-7-11-22)20(28)25-17(18(26)19(23)27)14-15-8-6-9-15/h15-18,24,26H,5-14H2,1-4H3,(H2,23,27)(H,25,28)/t16-,17?,18?/m0/s1. The van der Waals surface area contributed by atoms with Crippen molar-refractivity contribution in [3.05, 3.63) is 0 Å². The van der Waals surface area contributed by atoms with Gasteiger partial charge >= 0.3 is 0 Å². The van der Waals surface area contributed by atoms with Crippen LogP contribution in [0.1, 0.15) is 85.5 Å². The molecule has 5 N–H and O–H groups in total. The molecule has 6 heteroatoms. The van der Waals surface area contributed by atoms with Crippen LogP contribution < -0.4 is 16.4 Å². The number of hydrogen-bond donors (Lipinski definition) is 4. The minimum atomic E-state index is -1.33. The molecule has 3 atom stereocenters. The minimum Gasteiger partial charge on any atom is -0.381 e. The van der Waals surface area contributed by atoms with Gasteiger partial charge in [0, 0.05) is 0 Å². The van der Waals surface area contributed by atoms with Crippen LogP contribution in [0.4, 0.5) is 0 Å². The van der Waals surface area contributed by atoms with Gasteiger partial charge in [-0.2, -0.15) is 0 Å². The monoisotopic (exact) mass is 395 g/mol. The van der Waals surface area contributed by atoms with Gasteiger partial charge in [-0.15, -0.1) is 0 Å². The van der Waals surface area contributed by atoms with Crippen molar-refractivity contribution in [3.8, 4) is 0 Å². The Hall–Kier alpha value is -1.14. The van der Waals surface area contributed by atoms with Gasteiger partial charge in [0.2, 0.25) is 11.8 Å². The maximum atomic E-state index is 12.8. The van der Waals surface area contributed by atoms with E-state index < -0.39 is 18.1 Å². The van der Waals surface area contributed by atoms with Crippen LogP contribution in [0.5, 0.6) is 0 Å². The Morgan fingerprint density at radius 3 is 2.32 bits per heavy atom. The highest BCUT2D eigenvalue weighted by atomic mass is 16.3. The highest BCUT2D eigenvalue weighted by Gasteiger charge is 2.44. The second kappa shape index (κ2) is 9.57. The van der Waals surface area contributed by atoms with Gasteiger partial charge in [-0.25, -0.2) is 0 Å². The van der Waals surface area contributed by atoms with Gasteiger partial charge in [0.1, 0.15) is 0 Å². The lowest BCUT2D eigenvalue weighted by Crippen LogP contribution is -2.55. The van der Waals surface area contributed by atoms with Gasteiger partial charge in [0.25, 0.3) is 0 Å². The Labute approximate surface area is 170 Å².